The molecule has 1 fully saturated rings. The normalized spacial score (nSPS) is 16.1. The van der Waals surface area contributed by atoms with Gasteiger partial charge in [0.05, 0.1) is 5.69 Å². The Bertz CT molecular complexity index is 900. The van der Waals surface area contributed by atoms with E-state index >= 15 is 0 Å². The van der Waals surface area contributed by atoms with Gasteiger partial charge >= 0.3 is 0 Å². The fourth-order valence-electron chi connectivity index (χ4n) is 3.93. The lowest BCUT2D eigenvalue weighted by Crippen LogP contribution is -2.37. The molecule has 144 valence electrons. The summed E-state index contributed by atoms with van der Waals surface area (Å²) in [4.78, 5) is 18.8. The molecule has 0 unspecified atom stereocenters. The minimum Gasteiger partial charge on any atom is -0.351 e. The van der Waals surface area contributed by atoms with E-state index in [-0.39, 0.29) is 5.91 Å². The first kappa shape index (κ1) is 18.4. The Kier molecular flexibility index (Phi) is 5.51. The zero-order chi connectivity index (χ0) is 19.3. The smallest absolute Gasteiger partial charge is 0.292 e. The first-order valence-corrected chi connectivity index (χ1v) is 9.90. The molecule has 5 nitrogen and oxygen atoms in total. The topological polar surface area (TPSA) is 59.2 Å². The third kappa shape index (κ3) is 4.14. The Morgan fingerprint density at radius 2 is 1.86 bits per heavy atom. The Morgan fingerprint density at radius 1 is 1.14 bits per heavy atom. The maximum absolute atomic E-state index is 12.8. The molecule has 0 spiro atoms. The van der Waals surface area contributed by atoms with Crippen molar-refractivity contribution in [2.75, 3.05) is 13.1 Å². The number of amides is 1. The molecule has 0 radical (unpaired) electrons. The summed E-state index contributed by atoms with van der Waals surface area (Å²) in [6, 6.07) is 16.3. The van der Waals surface area contributed by atoms with Crippen LogP contribution in [0.25, 0.3) is 0 Å². The van der Waals surface area contributed by atoms with Gasteiger partial charge in [-0.2, -0.15) is 0 Å². The first-order chi connectivity index (χ1) is 13.7. The average Bonchev–Trinajstić information content (AvgIpc) is 3.23. The summed E-state index contributed by atoms with van der Waals surface area (Å²) < 4.78 is 5.38. The second-order valence-corrected chi connectivity index (χ2v) is 7.55. The number of nitrogens with zero attached hydrogens (tertiary/aromatic N) is 3. The number of rotatable bonds is 5. The lowest BCUT2D eigenvalue weighted by molar-refractivity contribution is 0.0671. The molecule has 5 heteroatoms. The summed E-state index contributed by atoms with van der Waals surface area (Å²) in [5.41, 5.74) is 3.39. The minimum atomic E-state index is -0.0562. The maximum Gasteiger partial charge on any atom is 0.292 e. The number of hydrogen-bond acceptors (Lipinski definition) is 4. The van der Waals surface area contributed by atoms with Gasteiger partial charge in [-0.1, -0.05) is 42.4 Å². The highest BCUT2D eigenvalue weighted by molar-refractivity contribution is 5.91. The van der Waals surface area contributed by atoms with Crippen molar-refractivity contribution in [2.45, 2.75) is 38.0 Å². The highest BCUT2D eigenvalue weighted by atomic mass is 16.5. The van der Waals surface area contributed by atoms with Crippen LogP contribution in [-0.2, 0) is 6.42 Å². The van der Waals surface area contributed by atoms with Crippen LogP contribution in [-0.4, -0.2) is 34.0 Å². The summed E-state index contributed by atoms with van der Waals surface area (Å²) in [5.74, 6) is 1.10. The molecule has 4 rings (SSSR count). The fourth-order valence-corrected chi connectivity index (χ4v) is 3.93. The van der Waals surface area contributed by atoms with Crippen LogP contribution in [0.5, 0.6) is 0 Å². The summed E-state index contributed by atoms with van der Waals surface area (Å²) in [6.45, 7) is 3.64. The summed E-state index contributed by atoms with van der Waals surface area (Å²) in [5, 5.41) is 4.13. The van der Waals surface area contributed by atoms with Crippen molar-refractivity contribution in [2.24, 2.45) is 0 Å². The molecule has 1 aliphatic rings. The second-order valence-electron chi connectivity index (χ2n) is 7.55. The number of benzene rings is 1. The second kappa shape index (κ2) is 8.38. The van der Waals surface area contributed by atoms with Crippen LogP contribution in [0.2, 0.25) is 0 Å². The van der Waals surface area contributed by atoms with E-state index in [0.29, 0.717) is 17.6 Å². The molecule has 3 heterocycles. The third-order valence-corrected chi connectivity index (χ3v) is 5.61. The molecule has 1 saturated heterocycles. The van der Waals surface area contributed by atoms with E-state index in [4.69, 9.17) is 4.52 Å². The van der Waals surface area contributed by atoms with Crippen molar-refractivity contribution in [3.05, 3.63) is 83.5 Å². The zero-order valence-corrected chi connectivity index (χ0v) is 16.1. The van der Waals surface area contributed by atoms with E-state index in [1.165, 1.54) is 11.1 Å². The van der Waals surface area contributed by atoms with Gasteiger partial charge in [0, 0.05) is 31.5 Å². The van der Waals surface area contributed by atoms with Crippen LogP contribution in [0, 0.1) is 0 Å². The lowest BCUT2D eigenvalue weighted by Gasteiger charge is -2.31. The fraction of sp³-hybridized carbons (Fsp3) is 0.348. The molecule has 2 aromatic heterocycles. The number of aromatic nitrogens is 2. The Balaban J connectivity index is 1.35. The van der Waals surface area contributed by atoms with Gasteiger partial charge in [0.1, 0.15) is 0 Å². The predicted octanol–water partition coefficient (Wildman–Crippen LogP) is 4.44. The Labute approximate surface area is 165 Å². The van der Waals surface area contributed by atoms with Crippen LogP contribution in [0.3, 0.4) is 0 Å². The molecule has 0 N–H and O–H groups in total. The van der Waals surface area contributed by atoms with Crippen molar-refractivity contribution in [3.63, 3.8) is 0 Å². The van der Waals surface area contributed by atoms with Crippen LogP contribution in [0.1, 0.15) is 59.0 Å². The van der Waals surface area contributed by atoms with Gasteiger partial charge in [0.25, 0.3) is 5.91 Å². The number of carbonyl (C=O) groups excluding carboxylic acids is 1. The first-order valence-electron chi connectivity index (χ1n) is 9.90. The lowest BCUT2D eigenvalue weighted by atomic mass is 9.90. The number of carbonyl (C=O) groups is 1. The molecule has 1 atom stereocenters. The summed E-state index contributed by atoms with van der Waals surface area (Å²) in [6.07, 6.45) is 6.34. The van der Waals surface area contributed by atoms with Crippen molar-refractivity contribution in [3.8, 4) is 0 Å². The van der Waals surface area contributed by atoms with Crippen molar-refractivity contribution >= 4 is 5.91 Å². The number of pyridine rings is 1. The van der Waals surface area contributed by atoms with Gasteiger partial charge in [-0.05, 0) is 54.4 Å². The Hall–Kier alpha value is -2.95. The van der Waals surface area contributed by atoms with Crippen molar-refractivity contribution < 1.29 is 9.32 Å². The van der Waals surface area contributed by atoms with Gasteiger partial charge < -0.3 is 9.42 Å². The van der Waals surface area contributed by atoms with Crippen LogP contribution in [0.4, 0.5) is 0 Å². The predicted molar refractivity (Wildman–Crippen MR) is 107 cm³/mol. The van der Waals surface area contributed by atoms with E-state index in [1.54, 1.807) is 6.07 Å². The molecule has 0 aliphatic carbocycles. The van der Waals surface area contributed by atoms with Gasteiger partial charge in [-0.3, -0.25) is 9.78 Å². The van der Waals surface area contributed by atoms with E-state index in [2.05, 4.69) is 41.3 Å². The molecule has 0 bridgehead atoms. The van der Waals surface area contributed by atoms with E-state index in [1.807, 2.05) is 35.5 Å². The maximum atomic E-state index is 12.8. The number of likely N-dealkylation sites (tertiary alicyclic amines) is 1. The van der Waals surface area contributed by atoms with Gasteiger partial charge in [0.15, 0.2) is 0 Å². The zero-order valence-electron chi connectivity index (χ0n) is 16.1. The number of hydrogen-bond donors (Lipinski definition) is 0. The Morgan fingerprint density at radius 3 is 2.57 bits per heavy atom. The average molecular weight is 375 g/mol. The van der Waals surface area contributed by atoms with Crippen molar-refractivity contribution in [1.82, 2.24) is 15.0 Å². The van der Waals surface area contributed by atoms with Crippen LogP contribution >= 0.6 is 0 Å². The van der Waals surface area contributed by atoms with Gasteiger partial charge in [-0.25, -0.2) is 0 Å². The van der Waals surface area contributed by atoms with E-state index < -0.39 is 0 Å². The van der Waals surface area contributed by atoms with Gasteiger partial charge in [-0.15, -0.1) is 0 Å². The SMILES string of the molecule is C[C@@H](Cc1cc(C(=O)N2CCC(c3ccncc3)CC2)on1)c1ccccc1. The number of piperidine rings is 1. The highest BCUT2D eigenvalue weighted by Gasteiger charge is 2.27. The molecule has 1 amide bonds. The molecule has 1 aromatic carbocycles. The third-order valence-electron chi connectivity index (χ3n) is 5.61. The molecule has 28 heavy (non-hydrogen) atoms. The molecule has 0 saturated carbocycles. The largest absolute Gasteiger partial charge is 0.351 e. The standard InChI is InChI=1S/C23H25N3O2/c1-17(18-5-3-2-4-6-18)15-21-16-22(28-25-21)23(27)26-13-9-20(10-14-26)19-7-11-24-12-8-19/h2-8,11-12,16-17,20H,9-10,13-15H2,1H3/t17-/m0/s1. The molecule has 3 aromatic rings. The van der Waals surface area contributed by atoms with Crippen molar-refractivity contribution in [1.29, 1.82) is 0 Å². The summed E-state index contributed by atoms with van der Waals surface area (Å²) in [7, 11) is 0. The van der Waals surface area contributed by atoms with E-state index in [0.717, 1.165) is 38.0 Å². The molecular weight excluding hydrogens is 350 g/mol. The van der Waals surface area contributed by atoms with E-state index in [9.17, 15) is 4.79 Å². The van der Waals surface area contributed by atoms with Gasteiger partial charge in [0.2, 0.25) is 5.76 Å². The van der Waals surface area contributed by atoms with Crippen LogP contribution < -0.4 is 0 Å². The molecular formula is C23H25N3O2. The van der Waals surface area contributed by atoms with Crippen LogP contribution in [0.15, 0.2) is 65.4 Å². The molecule has 1 aliphatic heterocycles. The highest BCUT2D eigenvalue weighted by Crippen LogP contribution is 2.28. The monoisotopic (exact) mass is 375 g/mol. The minimum absolute atomic E-state index is 0.0562. The quantitative estimate of drug-likeness (QED) is 0.662. The summed E-state index contributed by atoms with van der Waals surface area (Å²) >= 11 is 0.